The molecule has 6 heteroatoms. The standard InChI is InChI=1S/C16H23N5O/c1-13-12-15-16(17-4-5-21(15)18-13)20-8-6-19(7-9-20)14-2-10-22-11-3-14/h4-5,12,14H,2-3,6-11H2,1H3. The van der Waals surface area contributed by atoms with Gasteiger partial charge in [0.15, 0.2) is 5.82 Å². The van der Waals surface area contributed by atoms with Crippen LogP contribution in [0.25, 0.3) is 5.52 Å². The van der Waals surface area contributed by atoms with Gasteiger partial charge in [-0.2, -0.15) is 5.10 Å². The predicted octanol–water partition coefficient (Wildman–Crippen LogP) is 1.34. The lowest BCUT2D eigenvalue weighted by atomic mass is 10.1. The first kappa shape index (κ1) is 14.0. The molecule has 0 atom stereocenters. The first-order chi connectivity index (χ1) is 10.8. The maximum absolute atomic E-state index is 5.47. The summed E-state index contributed by atoms with van der Waals surface area (Å²) >= 11 is 0. The number of aryl methyl sites for hydroxylation is 1. The number of rotatable bonds is 2. The van der Waals surface area contributed by atoms with E-state index in [2.05, 4.69) is 25.9 Å². The van der Waals surface area contributed by atoms with Crippen molar-refractivity contribution in [2.45, 2.75) is 25.8 Å². The molecule has 0 radical (unpaired) electrons. The molecule has 2 saturated heterocycles. The van der Waals surface area contributed by atoms with Gasteiger partial charge in [0.25, 0.3) is 0 Å². The molecule has 22 heavy (non-hydrogen) atoms. The number of fused-ring (bicyclic) bond motifs is 1. The molecule has 4 heterocycles. The molecule has 2 aromatic heterocycles. The molecule has 2 aliphatic heterocycles. The van der Waals surface area contributed by atoms with Crippen molar-refractivity contribution in [3.8, 4) is 0 Å². The van der Waals surface area contributed by atoms with Gasteiger partial charge in [0.05, 0.1) is 5.69 Å². The van der Waals surface area contributed by atoms with Gasteiger partial charge in [-0.25, -0.2) is 9.50 Å². The zero-order valence-corrected chi connectivity index (χ0v) is 13.1. The van der Waals surface area contributed by atoms with Crippen LogP contribution in [0.15, 0.2) is 18.5 Å². The van der Waals surface area contributed by atoms with Crippen LogP contribution >= 0.6 is 0 Å². The summed E-state index contributed by atoms with van der Waals surface area (Å²) in [6.45, 7) is 8.16. The topological polar surface area (TPSA) is 45.9 Å². The smallest absolute Gasteiger partial charge is 0.154 e. The monoisotopic (exact) mass is 301 g/mol. The van der Waals surface area contributed by atoms with Crippen molar-refractivity contribution in [1.82, 2.24) is 19.5 Å². The molecular weight excluding hydrogens is 278 g/mol. The van der Waals surface area contributed by atoms with E-state index in [4.69, 9.17) is 4.74 Å². The number of ether oxygens (including phenoxy) is 1. The van der Waals surface area contributed by atoms with Gasteiger partial charge in [-0.05, 0) is 25.8 Å². The van der Waals surface area contributed by atoms with Crippen LogP contribution in [0.2, 0.25) is 0 Å². The van der Waals surface area contributed by atoms with E-state index >= 15 is 0 Å². The van der Waals surface area contributed by atoms with Crippen LogP contribution in [-0.2, 0) is 4.74 Å². The maximum atomic E-state index is 5.47. The van der Waals surface area contributed by atoms with E-state index in [0.29, 0.717) is 6.04 Å². The van der Waals surface area contributed by atoms with Crippen molar-refractivity contribution in [2.24, 2.45) is 0 Å². The average molecular weight is 301 g/mol. The minimum absolute atomic E-state index is 0.705. The minimum Gasteiger partial charge on any atom is -0.381 e. The van der Waals surface area contributed by atoms with Crippen molar-refractivity contribution >= 4 is 11.3 Å². The SMILES string of the molecule is Cc1cc2c(N3CCN(C4CCOCC4)CC3)nccn2n1. The fraction of sp³-hybridized carbons (Fsp3) is 0.625. The Hall–Kier alpha value is -1.66. The molecule has 0 saturated carbocycles. The second kappa shape index (κ2) is 5.85. The van der Waals surface area contributed by atoms with Crippen molar-refractivity contribution in [1.29, 1.82) is 0 Å². The summed E-state index contributed by atoms with van der Waals surface area (Å²) in [4.78, 5) is 9.63. The third-order valence-electron chi connectivity index (χ3n) is 4.81. The quantitative estimate of drug-likeness (QED) is 0.837. The second-order valence-electron chi connectivity index (χ2n) is 6.23. The van der Waals surface area contributed by atoms with Gasteiger partial charge >= 0.3 is 0 Å². The van der Waals surface area contributed by atoms with E-state index in [0.717, 1.165) is 56.4 Å². The summed E-state index contributed by atoms with van der Waals surface area (Å²) in [5.41, 5.74) is 2.15. The Kier molecular flexibility index (Phi) is 3.72. The summed E-state index contributed by atoms with van der Waals surface area (Å²) in [5, 5.41) is 4.48. The second-order valence-corrected chi connectivity index (χ2v) is 6.23. The van der Waals surface area contributed by atoms with Gasteiger partial charge in [0, 0.05) is 57.8 Å². The van der Waals surface area contributed by atoms with Crippen LogP contribution in [-0.4, -0.2) is 64.9 Å². The molecule has 0 amide bonds. The Balaban J connectivity index is 1.48. The Morgan fingerprint density at radius 1 is 1.14 bits per heavy atom. The third kappa shape index (κ3) is 2.57. The highest BCUT2D eigenvalue weighted by molar-refractivity contribution is 5.69. The Morgan fingerprint density at radius 2 is 1.91 bits per heavy atom. The van der Waals surface area contributed by atoms with Gasteiger partial charge in [-0.3, -0.25) is 4.90 Å². The van der Waals surface area contributed by atoms with Gasteiger partial charge in [-0.1, -0.05) is 0 Å². The van der Waals surface area contributed by atoms with E-state index in [9.17, 15) is 0 Å². The summed E-state index contributed by atoms with van der Waals surface area (Å²) < 4.78 is 7.41. The molecule has 0 unspecified atom stereocenters. The van der Waals surface area contributed by atoms with E-state index in [1.165, 1.54) is 12.8 Å². The summed E-state index contributed by atoms with van der Waals surface area (Å²) in [7, 11) is 0. The number of aromatic nitrogens is 3. The molecule has 0 aromatic carbocycles. The highest BCUT2D eigenvalue weighted by Gasteiger charge is 2.26. The predicted molar refractivity (Wildman–Crippen MR) is 85.4 cm³/mol. The number of nitrogens with zero attached hydrogens (tertiary/aromatic N) is 5. The van der Waals surface area contributed by atoms with E-state index in [-0.39, 0.29) is 0 Å². The summed E-state index contributed by atoms with van der Waals surface area (Å²) in [5.74, 6) is 1.06. The lowest BCUT2D eigenvalue weighted by Crippen LogP contribution is -2.52. The van der Waals surface area contributed by atoms with Gasteiger partial charge in [0.1, 0.15) is 5.52 Å². The number of anilines is 1. The molecule has 0 N–H and O–H groups in total. The Bertz CT molecular complexity index is 641. The van der Waals surface area contributed by atoms with Crippen LogP contribution in [0, 0.1) is 6.92 Å². The molecule has 2 aromatic rings. The maximum Gasteiger partial charge on any atom is 0.154 e. The molecule has 0 aliphatic carbocycles. The lowest BCUT2D eigenvalue weighted by molar-refractivity contribution is 0.0321. The Labute approximate surface area is 130 Å². The number of piperazine rings is 1. The van der Waals surface area contributed by atoms with Crippen molar-refractivity contribution in [3.63, 3.8) is 0 Å². The van der Waals surface area contributed by atoms with Crippen molar-refractivity contribution in [2.75, 3.05) is 44.3 Å². The average Bonchev–Trinajstić information content (AvgIpc) is 2.96. The van der Waals surface area contributed by atoms with Crippen LogP contribution < -0.4 is 4.90 Å². The van der Waals surface area contributed by atoms with Gasteiger partial charge < -0.3 is 9.64 Å². The normalized spacial score (nSPS) is 21.6. The fourth-order valence-electron chi connectivity index (χ4n) is 3.62. The third-order valence-corrected chi connectivity index (χ3v) is 4.81. The van der Waals surface area contributed by atoms with Gasteiger partial charge in [-0.15, -0.1) is 0 Å². The zero-order chi connectivity index (χ0) is 14.9. The van der Waals surface area contributed by atoms with Crippen molar-refractivity contribution < 1.29 is 4.74 Å². The summed E-state index contributed by atoms with van der Waals surface area (Å²) in [6, 6.07) is 2.82. The Morgan fingerprint density at radius 3 is 2.68 bits per heavy atom. The first-order valence-corrected chi connectivity index (χ1v) is 8.19. The largest absolute Gasteiger partial charge is 0.381 e. The number of hydrogen-bond donors (Lipinski definition) is 0. The summed E-state index contributed by atoms with van der Waals surface area (Å²) in [6.07, 6.45) is 6.12. The van der Waals surface area contributed by atoms with E-state index in [1.807, 2.05) is 23.8 Å². The highest BCUT2D eigenvalue weighted by atomic mass is 16.5. The fourth-order valence-corrected chi connectivity index (χ4v) is 3.62. The van der Waals surface area contributed by atoms with Crippen LogP contribution in [0.5, 0.6) is 0 Å². The lowest BCUT2D eigenvalue weighted by Gasteiger charge is -2.41. The molecule has 6 nitrogen and oxygen atoms in total. The molecule has 4 rings (SSSR count). The van der Waals surface area contributed by atoms with E-state index < -0.39 is 0 Å². The highest BCUT2D eigenvalue weighted by Crippen LogP contribution is 2.23. The zero-order valence-electron chi connectivity index (χ0n) is 13.1. The molecular formula is C16H23N5O. The molecule has 2 aliphatic rings. The van der Waals surface area contributed by atoms with E-state index in [1.54, 1.807) is 0 Å². The first-order valence-electron chi connectivity index (χ1n) is 8.19. The van der Waals surface area contributed by atoms with Crippen LogP contribution in [0.3, 0.4) is 0 Å². The van der Waals surface area contributed by atoms with Gasteiger partial charge in [0.2, 0.25) is 0 Å². The minimum atomic E-state index is 0.705. The molecule has 118 valence electrons. The molecule has 0 bridgehead atoms. The molecule has 2 fully saturated rings. The molecule has 0 spiro atoms. The van der Waals surface area contributed by atoms with Crippen molar-refractivity contribution in [3.05, 3.63) is 24.2 Å². The number of hydrogen-bond acceptors (Lipinski definition) is 5. The van der Waals surface area contributed by atoms with Crippen LogP contribution in [0.4, 0.5) is 5.82 Å². The van der Waals surface area contributed by atoms with Crippen LogP contribution in [0.1, 0.15) is 18.5 Å².